The summed E-state index contributed by atoms with van der Waals surface area (Å²) < 4.78 is 29.9. The van der Waals surface area contributed by atoms with E-state index in [0.717, 1.165) is 0 Å². The highest BCUT2D eigenvalue weighted by Gasteiger charge is 2.19. The number of carbonyl (C=O) groups excluding carboxylic acids is 1. The van der Waals surface area contributed by atoms with E-state index in [1.165, 1.54) is 30.6 Å². The van der Waals surface area contributed by atoms with Crippen LogP contribution in [-0.4, -0.2) is 37.7 Å². The first-order valence-corrected chi connectivity index (χ1v) is 8.28. The van der Waals surface area contributed by atoms with E-state index < -0.39 is 12.5 Å². The Labute approximate surface area is 160 Å². The Morgan fingerprint density at radius 2 is 2.11 bits per heavy atom. The molecule has 0 saturated heterocycles. The molecule has 142 valence electrons. The maximum atomic E-state index is 12.7. The zero-order chi connectivity index (χ0) is 19.7. The first kappa shape index (κ1) is 17.9. The zero-order valence-electron chi connectivity index (χ0n) is 13.9. The summed E-state index contributed by atoms with van der Waals surface area (Å²) in [5.41, 5.74) is 1.86. The van der Waals surface area contributed by atoms with Crippen molar-refractivity contribution in [3.8, 4) is 17.0 Å². The zero-order valence-corrected chi connectivity index (χ0v) is 14.7. The molecular formula is C17H11ClF2N6O2. The highest BCUT2D eigenvalue weighted by Crippen LogP contribution is 2.36. The van der Waals surface area contributed by atoms with E-state index in [2.05, 4.69) is 35.2 Å². The molecule has 1 aromatic carbocycles. The minimum Gasteiger partial charge on any atom is -0.434 e. The van der Waals surface area contributed by atoms with Gasteiger partial charge in [0.1, 0.15) is 17.0 Å². The standard InChI is InChI=1S/C17H11ClF2N6O2/c18-8-1-2-13(28-17(19)20)9(5-8)14-11(7-23-26-14)25-16(27)12-6-22-15-10(24-12)3-4-21-15/h1-7,17H,(H,21,22)(H,23,26)(H,25,27). The number of hydrogen-bond acceptors (Lipinski definition) is 5. The first-order valence-electron chi connectivity index (χ1n) is 7.91. The lowest BCUT2D eigenvalue weighted by molar-refractivity contribution is -0.0494. The predicted molar refractivity (Wildman–Crippen MR) is 97.5 cm³/mol. The minimum atomic E-state index is -3.02. The van der Waals surface area contributed by atoms with Crippen LogP contribution in [0.3, 0.4) is 0 Å². The molecule has 3 heterocycles. The molecule has 0 bridgehead atoms. The van der Waals surface area contributed by atoms with Gasteiger partial charge in [0.05, 0.1) is 23.8 Å². The average molecular weight is 405 g/mol. The van der Waals surface area contributed by atoms with Crippen molar-refractivity contribution in [2.75, 3.05) is 5.32 Å². The van der Waals surface area contributed by atoms with Crippen LogP contribution in [0.2, 0.25) is 5.02 Å². The Bertz CT molecular complexity index is 1160. The fourth-order valence-electron chi connectivity index (χ4n) is 2.61. The van der Waals surface area contributed by atoms with E-state index in [4.69, 9.17) is 11.6 Å². The molecular weight excluding hydrogens is 394 g/mol. The normalized spacial score (nSPS) is 11.1. The number of benzene rings is 1. The predicted octanol–water partition coefficient (Wildman–Crippen LogP) is 3.86. The number of aromatic nitrogens is 5. The molecule has 8 nitrogen and oxygen atoms in total. The summed E-state index contributed by atoms with van der Waals surface area (Å²) >= 11 is 5.98. The van der Waals surface area contributed by atoms with Crippen molar-refractivity contribution >= 4 is 34.4 Å². The molecule has 0 atom stereocenters. The Balaban J connectivity index is 1.66. The van der Waals surface area contributed by atoms with Gasteiger partial charge in [-0.25, -0.2) is 9.97 Å². The van der Waals surface area contributed by atoms with Crippen LogP contribution in [0.4, 0.5) is 14.5 Å². The number of amides is 1. The maximum absolute atomic E-state index is 12.7. The molecule has 4 aromatic rings. The summed E-state index contributed by atoms with van der Waals surface area (Å²) in [5, 5.41) is 9.45. The van der Waals surface area contributed by atoms with Gasteiger partial charge in [-0.05, 0) is 24.3 Å². The molecule has 0 spiro atoms. The number of anilines is 1. The van der Waals surface area contributed by atoms with Gasteiger partial charge in [-0.15, -0.1) is 0 Å². The Morgan fingerprint density at radius 3 is 2.93 bits per heavy atom. The minimum absolute atomic E-state index is 0.0781. The lowest BCUT2D eigenvalue weighted by Gasteiger charge is -2.12. The third kappa shape index (κ3) is 3.49. The monoisotopic (exact) mass is 404 g/mol. The van der Waals surface area contributed by atoms with Crippen LogP contribution in [0.5, 0.6) is 5.75 Å². The highest BCUT2D eigenvalue weighted by molar-refractivity contribution is 6.31. The van der Waals surface area contributed by atoms with Gasteiger partial charge < -0.3 is 15.0 Å². The number of aromatic amines is 2. The second-order valence-corrected chi connectivity index (χ2v) is 6.03. The van der Waals surface area contributed by atoms with E-state index >= 15 is 0 Å². The van der Waals surface area contributed by atoms with Crippen LogP contribution in [0.25, 0.3) is 22.4 Å². The molecule has 11 heteroatoms. The number of carbonyl (C=O) groups is 1. The molecule has 4 rings (SSSR count). The van der Waals surface area contributed by atoms with Crippen LogP contribution in [0.15, 0.2) is 42.9 Å². The van der Waals surface area contributed by atoms with Gasteiger partial charge in [0.25, 0.3) is 5.91 Å². The summed E-state index contributed by atoms with van der Waals surface area (Å²) in [6.45, 7) is -3.02. The second-order valence-electron chi connectivity index (χ2n) is 5.60. The lowest BCUT2D eigenvalue weighted by atomic mass is 10.1. The van der Waals surface area contributed by atoms with Crippen molar-refractivity contribution < 1.29 is 18.3 Å². The van der Waals surface area contributed by atoms with Gasteiger partial charge in [0.15, 0.2) is 5.65 Å². The van der Waals surface area contributed by atoms with Crippen molar-refractivity contribution in [2.24, 2.45) is 0 Å². The van der Waals surface area contributed by atoms with E-state index in [1.54, 1.807) is 12.3 Å². The SMILES string of the molecule is O=C(Nc1cn[nH]c1-c1cc(Cl)ccc1OC(F)F)c1cnc2[nH]ccc2n1. The molecule has 3 aromatic heterocycles. The number of alkyl halides is 2. The fourth-order valence-corrected chi connectivity index (χ4v) is 2.78. The molecule has 0 fully saturated rings. The van der Waals surface area contributed by atoms with Crippen molar-refractivity contribution in [3.05, 3.63) is 53.6 Å². The molecule has 1 amide bonds. The topological polar surface area (TPSA) is 109 Å². The average Bonchev–Trinajstić information content (AvgIpc) is 3.31. The molecule has 0 saturated carbocycles. The third-order valence-corrected chi connectivity index (χ3v) is 4.04. The number of hydrogen-bond donors (Lipinski definition) is 3. The Morgan fingerprint density at radius 1 is 1.25 bits per heavy atom. The van der Waals surface area contributed by atoms with Crippen molar-refractivity contribution in [1.82, 2.24) is 25.1 Å². The molecule has 28 heavy (non-hydrogen) atoms. The van der Waals surface area contributed by atoms with Gasteiger partial charge in [-0.1, -0.05) is 11.6 Å². The summed E-state index contributed by atoms with van der Waals surface area (Å²) in [7, 11) is 0. The molecule has 3 N–H and O–H groups in total. The Hall–Kier alpha value is -3.53. The van der Waals surface area contributed by atoms with Crippen molar-refractivity contribution in [1.29, 1.82) is 0 Å². The number of rotatable bonds is 5. The first-order chi connectivity index (χ1) is 13.5. The van der Waals surface area contributed by atoms with Crippen molar-refractivity contribution in [2.45, 2.75) is 6.61 Å². The van der Waals surface area contributed by atoms with E-state index in [1.807, 2.05) is 0 Å². The summed E-state index contributed by atoms with van der Waals surface area (Å²) in [6.07, 6.45) is 4.31. The second kappa shape index (κ2) is 7.24. The van der Waals surface area contributed by atoms with Gasteiger partial charge in [-0.2, -0.15) is 13.9 Å². The number of H-pyrrole nitrogens is 2. The summed E-state index contributed by atoms with van der Waals surface area (Å²) in [5.74, 6) is -0.663. The number of fused-ring (bicyclic) bond motifs is 1. The van der Waals surface area contributed by atoms with Gasteiger partial charge in [0, 0.05) is 16.8 Å². The van der Waals surface area contributed by atoms with Gasteiger partial charge in [-0.3, -0.25) is 9.89 Å². The smallest absolute Gasteiger partial charge is 0.387 e. The molecule has 0 unspecified atom stereocenters. The molecule has 0 aliphatic heterocycles. The van der Waals surface area contributed by atoms with Crippen LogP contribution in [0.1, 0.15) is 10.5 Å². The molecule has 0 aliphatic carbocycles. The molecule has 0 radical (unpaired) electrons. The lowest BCUT2D eigenvalue weighted by Crippen LogP contribution is -2.14. The van der Waals surface area contributed by atoms with Crippen LogP contribution >= 0.6 is 11.6 Å². The highest BCUT2D eigenvalue weighted by atomic mass is 35.5. The third-order valence-electron chi connectivity index (χ3n) is 3.81. The maximum Gasteiger partial charge on any atom is 0.387 e. The van der Waals surface area contributed by atoms with E-state index in [-0.39, 0.29) is 28.4 Å². The van der Waals surface area contributed by atoms with Gasteiger partial charge >= 0.3 is 6.61 Å². The quantitative estimate of drug-likeness (QED) is 0.468. The summed E-state index contributed by atoms with van der Waals surface area (Å²) in [4.78, 5) is 23.7. The molecule has 0 aliphatic rings. The largest absolute Gasteiger partial charge is 0.434 e. The van der Waals surface area contributed by atoms with Gasteiger partial charge in [0.2, 0.25) is 0 Å². The fraction of sp³-hybridized carbons (Fsp3) is 0.0588. The van der Waals surface area contributed by atoms with E-state index in [0.29, 0.717) is 16.2 Å². The number of halogens is 3. The van der Waals surface area contributed by atoms with Crippen LogP contribution < -0.4 is 10.1 Å². The number of ether oxygens (including phenoxy) is 1. The van der Waals surface area contributed by atoms with Crippen LogP contribution in [0, 0.1) is 0 Å². The Kier molecular flexibility index (Phi) is 4.62. The number of nitrogens with zero attached hydrogens (tertiary/aromatic N) is 3. The van der Waals surface area contributed by atoms with Crippen molar-refractivity contribution in [3.63, 3.8) is 0 Å². The van der Waals surface area contributed by atoms with Crippen LogP contribution in [-0.2, 0) is 0 Å². The van der Waals surface area contributed by atoms with E-state index in [9.17, 15) is 13.6 Å². The summed E-state index contributed by atoms with van der Waals surface area (Å²) in [6, 6.07) is 5.83. The number of nitrogens with one attached hydrogen (secondary N) is 3.